The monoisotopic (exact) mass is 265 g/mol. The Kier molecular flexibility index (Phi) is 7.72. The van der Waals surface area contributed by atoms with Crippen molar-refractivity contribution in [2.24, 2.45) is 0 Å². The van der Waals surface area contributed by atoms with Crippen LogP contribution in [0.1, 0.15) is 25.8 Å². The molecule has 0 saturated carbocycles. The fourth-order valence-electron chi connectivity index (χ4n) is 2.28. The fourth-order valence-corrected chi connectivity index (χ4v) is 2.28. The van der Waals surface area contributed by atoms with Crippen LogP contribution in [0, 0.1) is 0 Å². The number of benzene rings is 1. The van der Waals surface area contributed by atoms with E-state index in [0.29, 0.717) is 18.8 Å². The van der Waals surface area contributed by atoms with Gasteiger partial charge in [0.2, 0.25) is 0 Å². The van der Waals surface area contributed by atoms with Crippen LogP contribution in [0.15, 0.2) is 30.3 Å². The van der Waals surface area contributed by atoms with Crippen LogP contribution in [0.5, 0.6) is 0 Å². The Balaban J connectivity index is 0.000000861. The van der Waals surface area contributed by atoms with Gasteiger partial charge in [-0.05, 0) is 19.0 Å². The average Bonchev–Trinajstić information content (AvgIpc) is 2.83. The smallest absolute Gasteiger partial charge is 0.0717 e. The van der Waals surface area contributed by atoms with Crippen LogP contribution in [0.4, 0.5) is 0 Å². The van der Waals surface area contributed by atoms with Gasteiger partial charge in [0.1, 0.15) is 0 Å². The van der Waals surface area contributed by atoms with Gasteiger partial charge >= 0.3 is 0 Å². The third-order valence-electron chi connectivity index (χ3n) is 3.41. The third-order valence-corrected chi connectivity index (χ3v) is 3.41. The molecule has 108 valence electrons. The summed E-state index contributed by atoms with van der Waals surface area (Å²) in [5, 5.41) is 0. The summed E-state index contributed by atoms with van der Waals surface area (Å²) in [5.74, 6) is 0. The Morgan fingerprint density at radius 1 is 1.21 bits per heavy atom. The molecule has 1 fully saturated rings. The first-order chi connectivity index (χ1) is 9.29. The molecule has 0 radical (unpaired) electrons. The molecule has 1 heterocycles. The number of hydrogen-bond donors (Lipinski definition) is 0. The molecule has 1 aliphatic rings. The second-order valence-corrected chi connectivity index (χ2v) is 4.69. The summed E-state index contributed by atoms with van der Waals surface area (Å²) in [6, 6.07) is 10.8. The van der Waals surface area contributed by atoms with Crippen LogP contribution in [-0.2, 0) is 16.1 Å². The van der Waals surface area contributed by atoms with Crippen molar-refractivity contribution in [2.45, 2.75) is 39.0 Å². The Bertz CT molecular complexity index is 329. The van der Waals surface area contributed by atoms with Crippen LogP contribution < -0.4 is 0 Å². The molecule has 0 aliphatic carbocycles. The zero-order valence-corrected chi connectivity index (χ0v) is 12.6. The van der Waals surface area contributed by atoms with Gasteiger partial charge in [-0.25, -0.2) is 0 Å². The van der Waals surface area contributed by atoms with Crippen LogP contribution in [0.25, 0.3) is 0 Å². The van der Waals surface area contributed by atoms with Crippen molar-refractivity contribution in [2.75, 3.05) is 27.3 Å². The number of likely N-dealkylation sites (tertiary alicyclic amines) is 1. The molecule has 1 unspecified atom stereocenters. The minimum Gasteiger partial charge on any atom is -0.380 e. The summed E-state index contributed by atoms with van der Waals surface area (Å²) in [7, 11) is 3.92. The minimum absolute atomic E-state index is 0.366. The Morgan fingerprint density at radius 2 is 1.89 bits per heavy atom. The predicted octanol–water partition coefficient (Wildman–Crippen LogP) is 2.95. The lowest BCUT2D eigenvalue weighted by Crippen LogP contribution is -2.29. The summed E-state index contributed by atoms with van der Waals surface area (Å²) in [4.78, 5) is 2.32. The average molecular weight is 265 g/mol. The van der Waals surface area contributed by atoms with Gasteiger partial charge in [-0.2, -0.15) is 0 Å². The van der Waals surface area contributed by atoms with E-state index in [9.17, 15) is 0 Å². The topological polar surface area (TPSA) is 21.7 Å². The molecule has 1 aromatic rings. The maximum absolute atomic E-state index is 5.77. The molecule has 0 aromatic heterocycles. The first kappa shape index (κ1) is 16.2. The number of rotatable bonds is 5. The van der Waals surface area contributed by atoms with E-state index < -0.39 is 0 Å². The van der Waals surface area contributed by atoms with Crippen LogP contribution in [-0.4, -0.2) is 44.4 Å². The van der Waals surface area contributed by atoms with E-state index in [1.165, 1.54) is 5.56 Å². The molecule has 3 nitrogen and oxygen atoms in total. The van der Waals surface area contributed by atoms with Gasteiger partial charge in [-0.15, -0.1) is 0 Å². The number of ether oxygens (including phenoxy) is 2. The van der Waals surface area contributed by atoms with Crippen LogP contribution >= 0.6 is 0 Å². The summed E-state index contributed by atoms with van der Waals surface area (Å²) in [5.41, 5.74) is 1.23. The fraction of sp³-hybridized carbons (Fsp3) is 0.625. The second kappa shape index (κ2) is 9.08. The van der Waals surface area contributed by atoms with E-state index in [4.69, 9.17) is 9.47 Å². The van der Waals surface area contributed by atoms with Gasteiger partial charge in [0.15, 0.2) is 0 Å². The van der Waals surface area contributed by atoms with E-state index in [2.05, 4.69) is 24.1 Å². The molecule has 1 aromatic carbocycles. The van der Waals surface area contributed by atoms with Gasteiger partial charge in [0, 0.05) is 19.7 Å². The second-order valence-electron chi connectivity index (χ2n) is 4.69. The summed E-state index contributed by atoms with van der Waals surface area (Å²) >= 11 is 0. The number of likely N-dealkylation sites (N-methyl/N-ethyl adjacent to an activating group) is 1. The van der Waals surface area contributed by atoms with Crippen molar-refractivity contribution in [1.82, 2.24) is 4.90 Å². The van der Waals surface area contributed by atoms with Crippen LogP contribution in [0.3, 0.4) is 0 Å². The molecule has 0 N–H and O–H groups in total. The van der Waals surface area contributed by atoms with E-state index in [-0.39, 0.29) is 0 Å². The largest absolute Gasteiger partial charge is 0.380 e. The zero-order chi connectivity index (χ0) is 14.1. The summed E-state index contributed by atoms with van der Waals surface area (Å²) < 4.78 is 11.1. The highest BCUT2D eigenvalue weighted by Gasteiger charge is 2.29. The maximum Gasteiger partial charge on any atom is 0.0717 e. The van der Waals surface area contributed by atoms with E-state index in [1.54, 1.807) is 7.11 Å². The maximum atomic E-state index is 5.77. The molecule has 2 atom stereocenters. The summed E-state index contributed by atoms with van der Waals surface area (Å²) in [6.07, 6.45) is 1.44. The lowest BCUT2D eigenvalue weighted by atomic mass is 10.2. The SMILES string of the molecule is CC.COC1C[C@@H](COCc2ccccc2)N(C)C1. The highest BCUT2D eigenvalue weighted by atomic mass is 16.5. The lowest BCUT2D eigenvalue weighted by Gasteiger charge is -2.18. The first-order valence-electron chi connectivity index (χ1n) is 7.14. The zero-order valence-electron chi connectivity index (χ0n) is 12.6. The molecular weight excluding hydrogens is 238 g/mol. The van der Waals surface area contributed by atoms with Gasteiger partial charge in [0.25, 0.3) is 0 Å². The highest BCUT2D eigenvalue weighted by Crippen LogP contribution is 2.18. The number of hydrogen-bond acceptors (Lipinski definition) is 3. The van der Waals surface area contributed by atoms with Crippen molar-refractivity contribution in [3.8, 4) is 0 Å². The first-order valence-corrected chi connectivity index (χ1v) is 7.14. The van der Waals surface area contributed by atoms with Gasteiger partial charge < -0.3 is 9.47 Å². The Morgan fingerprint density at radius 3 is 2.47 bits per heavy atom. The van der Waals surface area contributed by atoms with Gasteiger partial charge in [-0.3, -0.25) is 4.90 Å². The number of nitrogens with zero attached hydrogens (tertiary/aromatic N) is 1. The van der Waals surface area contributed by atoms with Crippen molar-refractivity contribution >= 4 is 0 Å². The minimum atomic E-state index is 0.366. The van der Waals surface area contributed by atoms with Gasteiger partial charge in [-0.1, -0.05) is 44.2 Å². The molecule has 1 aliphatic heterocycles. The Hall–Kier alpha value is -0.900. The quantitative estimate of drug-likeness (QED) is 0.817. The van der Waals surface area contributed by atoms with Crippen LogP contribution in [0.2, 0.25) is 0 Å². The van der Waals surface area contributed by atoms with Crippen molar-refractivity contribution in [3.63, 3.8) is 0 Å². The predicted molar refractivity (Wildman–Crippen MR) is 79.3 cm³/mol. The Labute approximate surface area is 117 Å². The third kappa shape index (κ3) is 5.31. The molecule has 0 bridgehead atoms. The molecule has 19 heavy (non-hydrogen) atoms. The molecule has 0 amide bonds. The lowest BCUT2D eigenvalue weighted by molar-refractivity contribution is 0.0739. The van der Waals surface area contributed by atoms with Gasteiger partial charge in [0.05, 0.1) is 19.3 Å². The number of methoxy groups -OCH3 is 1. The van der Waals surface area contributed by atoms with E-state index >= 15 is 0 Å². The molecule has 3 heteroatoms. The van der Waals surface area contributed by atoms with Crippen molar-refractivity contribution < 1.29 is 9.47 Å². The molecule has 1 saturated heterocycles. The summed E-state index contributed by atoms with van der Waals surface area (Å²) in [6.45, 7) is 6.49. The normalized spacial score (nSPS) is 22.9. The standard InChI is InChI=1S/C14H21NO2.C2H6/c1-15-9-14(16-2)8-13(15)11-17-10-12-6-4-3-5-7-12;1-2/h3-7,13-14H,8-11H2,1-2H3;1-2H3/t13-,14?;/m0./s1. The molecule has 2 rings (SSSR count). The van der Waals surface area contributed by atoms with E-state index in [1.807, 2.05) is 32.0 Å². The molecular formula is C16H27NO2. The van der Waals surface area contributed by atoms with Crippen molar-refractivity contribution in [3.05, 3.63) is 35.9 Å². The highest BCUT2D eigenvalue weighted by molar-refractivity contribution is 5.13. The van der Waals surface area contributed by atoms with E-state index in [0.717, 1.165) is 19.6 Å². The van der Waals surface area contributed by atoms with Crippen molar-refractivity contribution in [1.29, 1.82) is 0 Å². The molecule has 0 spiro atoms.